The molecule has 35 heavy (non-hydrogen) atoms. The Hall–Kier alpha value is -3.65. The molecule has 4 rings (SSSR count). The molecule has 1 N–H and O–H groups in total. The van der Waals surface area contributed by atoms with E-state index in [4.69, 9.17) is 14.6 Å². The molecular formula is C27H21F3O4S. The van der Waals surface area contributed by atoms with Crippen molar-refractivity contribution in [3.63, 3.8) is 0 Å². The van der Waals surface area contributed by atoms with Gasteiger partial charge in [0.05, 0.1) is 5.56 Å². The highest BCUT2D eigenvalue weighted by Crippen LogP contribution is 2.39. The van der Waals surface area contributed by atoms with Crippen molar-refractivity contribution in [2.24, 2.45) is 0 Å². The Morgan fingerprint density at radius 2 is 1.57 bits per heavy atom. The predicted molar refractivity (Wildman–Crippen MR) is 128 cm³/mol. The Balaban J connectivity index is 1.52. The van der Waals surface area contributed by atoms with Gasteiger partial charge in [0, 0.05) is 15.2 Å². The lowest BCUT2D eigenvalue weighted by Gasteiger charge is -2.14. The molecule has 0 fully saturated rings. The van der Waals surface area contributed by atoms with Crippen LogP contribution in [0.5, 0.6) is 11.5 Å². The van der Waals surface area contributed by atoms with E-state index < -0.39 is 24.3 Å². The quantitative estimate of drug-likeness (QED) is 0.275. The molecule has 0 atom stereocenters. The Bertz CT molecular complexity index is 1350. The lowest BCUT2D eigenvalue weighted by Crippen LogP contribution is -2.09. The van der Waals surface area contributed by atoms with E-state index in [0.29, 0.717) is 17.1 Å². The predicted octanol–water partition coefficient (Wildman–Crippen LogP) is 7.36. The van der Waals surface area contributed by atoms with Crippen LogP contribution in [0.1, 0.15) is 16.7 Å². The van der Waals surface area contributed by atoms with Crippen LogP contribution in [0.2, 0.25) is 0 Å². The average molecular weight is 499 g/mol. The highest BCUT2D eigenvalue weighted by atomic mass is 32.2. The van der Waals surface area contributed by atoms with Crippen LogP contribution < -0.4 is 9.47 Å². The van der Waals surface area contributed by atoms with Crippen molar-refractivity contribution in [1.29, 1.82) is 0 Å². The lowest BCUT2D eigenvalue weighted by molar-refractivity contribution is -0.139. The van der Waals surface area contributed by atoms with Gasteiger partial charge in [0.15, 0.2) is 6.61 Å². The standard InChI is InChI=1S/C27H21F3O4S/c1-17-14-20(10-11-23(17)34-16-26(31)32)35-25-13-12-24(21-4-2-3-5-22(21)25)33-15-18-6-8-19(9-7-18)27(28,29)30/h2-14H,15-16H2,1H3,(H,31,32). The molecule has 8 heteroatoms. The van der Waals surface area contributed by atoms with Gasteiger partial charge in [0.1, 0.15) is 18.1 Å². The van der Waals surface area contributed by atoms with E-state index in [1.807, 2.05) is 55.5 Å². The Morgan fingerprint density at radius 1 is 0.886 bits per heavy atom. The highest BCUT2D eigenvalue weighted by molar-refractivity contribution is 7.99. The molecule has 0 radical (unpaired) electrons. The first-order valence-corrected chi connectivity index (χ1v) is 11.5. The third-order valence-electron chi connectivity index (χ3n) is 5.25. The van der Waals surface area contributed by atoms with Crippen molar-refractivity contribution in [2.45, 2.75) is 29.5 Å². The van der Waals surface area contributed by atoms with Crippen LogP contribution in [0.15, 0.2) is 88.7 Å². The van der Waals surface area contributed by atoms with Crippen molar-refractivity contribution in [3.8, 4) is 11.5 Å². The number of fused-ring (bicyclic) bond motifs is 1. The molecule has 0 bridgehead atoms. The number of hydrogen-bond donors (Lipinski definition) is 1. The number of alkyl halides is 3. The van der Waals surface area contributed by atoms with E-state index in [9.17, 15) is 18.0 Å². The Kier molecular flexibility index (Phi) is 7.21. The molecular weight excluding hydrogens is 477 g/mol. The molecule has 0 aliphatic rings. The summed E-state index contributed by atoms with van der Waals surface area (Å²) in [5.74, 6) is 0.127. The molecule has 0 heterocycles. The summed E-state index contributed by atoms with van der Waals surface area (Å²) in [5.41, 5.74) is 0.781. The van der Waals surface area contributed by atoms with Crippen molar-refractivity contribution in [2.75, 3.05) is 6.61 Å². The molecule has 0 aliphatic carbocycles. The minimum Gasteiger partial charge on any atom is -0.488 e. The van der Waals surface area contributed by atoms with Crippen molar-refractivity contribution in [1.82, 2.24) is 0 Å². The second-order valence-corrected chi connectivity index (χ2v) is 8.92. The summed E-state index contributed by atoms with van der Waals surface area (Å²) in [4.78, 5) is 12.7. The largest absolute Gasteiger partial charge is 0.488 e. The molecule has 0 aromatic heterocycles. The summed E-state index contributed by atoms with van der Waals surface area (Å²) in [6, 6.07) is 22.1. The highest BCUT2D eigenvalue weighted by Gasteiger charge is 2.29. The van der Waals surface area contributed by atoms with Gasteiger partial charge in [-0.2, -0.15) is 13.2 Å². The number of rotatable bonds is 8. The summed E-state index contributed by atoms with van der Waals surface area (Å²) < 4.78 is 49.6. The molecule has 0 saturated heterocycles. The summed E-state index contributed by atoms with van der Waals surface area (Å²) in [7, 11) is 0. The van der Waals surface area contributed by atoms with E-state index in [1.165, 1.54) is 12.1 Å². The van der Waals surface area contributed by atoms with Gasteiger partial charge in [-0.05, 0) is 65.9 Å². The molecule has 180 valence electrons. The number of carbonyl (C=O) groups is 1. The van der Waals surface area contributed by atoms with Gasteiger partial charge in [-0.1, -0.05) is 48.2 Å². The zero-order valence-electron chi connectivity index (χ0n) is 18.6. The van der Waals surface area contributed by atoms with E-state index >= 15 is 0 Å². The zero-order valence-corrected chi connectivity index (χ0v) is 19.5. The van der Waals surface area contributed by atoms with Gasteiger partial charge in [-0.3, -0.25) is 0 Å². The fourth-order valence-corrected chi connectivity index (χ4v) is 4.57. The minimum atomic E-state index is -4.37. The van der Waals surface area contributed by atoms with Crippen LogP contribution in [0.4, 0.5) is 13.2 Å². The molecule has 0 spiro atoms. The zero-order chi connectivity index (χ0) is 25.0. The number of aliphatic carboxylic acids is 1. The first kappa shape index (κ1) is 24.5. The van der Waals surface area contributed by atoms with Crippen molar-refractivity contribution in [3.05, 3.63) is 95.6 Å². The maximum absolute atomic E-state index is 12.8. The third-order valence-corrected chi connectivity index (χ3v) is 6.31. The number of benzene rings is 4. The van der Waals surface area contributed by atoms with Gasteiger partial charge in [0.25, 0.3) is 0 Å². The maximum Gasteiger partial charge on any atom is 0.416 e. The number of halogens is 3. The fraction of sp³-hybridized carbons (Fsp3) is 0.148. The van der Waals surface area contributed by atoms with E-state index in [2.05, 4.69) is 0 Å². The molecule has 0 saturated carbocycles. The molecule has 4 aromatic carbocycles. The monoisotopic (exact) mass is 498 g/mol. The van der Waals surface area contributed by atoms with Crippen LogP contribution in [0.3, 0.4) is 0 Å². The summed E-state index contributed by atoms with van der Waals surface area (Å²) in [5, 5.41) is 10.7. The lowest BCUT2D eigenvalue weighted by atomic mass is 10.1. The van der Waals surface area contributed by atoms with Gasteiger partial charge in [0.2, 0.25) is 0 Å². The van der Waals surface area contributed by atoms with Crippen molar-refractivity contribution < 1.29 is 32.5 Å². The van der Waals surface area contributed by atoms with Crippen LogP contribution in [-0.2, 0) is 17.6 Å². The van der Waals surface area contributed by atoms with Crippen LogP contribution >= 0.6 is 11.8 Å². The number of hydrogen-bond acceptors (Lipinski definition) is 4. The molecule has 0 unspecified atom stereocenters. The van der Waals surface area contributed by atoms with Crippen LogP contribution in [0, 0.1) is 6.92 Å². The van der Waals surface area contributed by atoms with Crippen LogP contribution in [-0.4, -0.2) is 17.7 Å². The number of ether oxygens (including phenoxy) is 2. The molecule has 0 amide bonds. The minimum absolute atomic E-state index is 0.144. The van der Waals surface area contributed by atoms with Gasteiger partial charge in [-0.25, -0.2) is 4.79 Å². The van der Waals surface area contributed by atoms with E-state index in [1.54, 1.807) is 17.8 Å². The molecule has 0 aliphatic heterocycles. The summed E-state index contributed by atoms with van der Waals surface area (Å²) in [6.07, 6.45) is -4.37. The van der Waals surface area contributed by atoms with Gasteiger partial charge in [-0.15, -0.1) is 0 Å². The molecule has 4 nitrogen and oxygen atoms in total. The third kappa shape index (κ3) is 6.08. The number of aryl methyl sites for hydroxylation is 1. The summed E-state index contributed by atoms with van der Waals surface area (Å²) in [6.45, 7) is 1.61. The SMILES string of the molecule is Cc1cc(Sc2ccc(OCc3ccc(C(F)(F)F)cc3)c3ccccc23)ccc1OCC(=O)O. The normalized spacial score (nSPS) is 11.4. The topological polar surface area (TPSA) is 55.8 Å². The maximum atomic E-state index is 12.8. The number of carboxylic acid groups (broad SMARTS) is 1. The smallest absolute Gasteiger partial charge is 0.416 e. The first-order chi connectivity index (χ1) is 16.7. The number of carboxylic acids is 1. The average Bonchev–Trinajstić information content (AvgIpc) is 2.82. The van der Waals surface area contributed by atoms with Gasteiger partial charge < -0.3 is 14.6 Å². The first-order valence-electron chi connectivity index (χ1n) is 10.6. The summed E-state index contributed by atoms with van der Waals surface area (Å²) >= 11 is 1.56. The van der Waals surface area contributed by atoms with E-state index in [0.717, 1.165) is 38.3 Å². The van der Waals surface area contributed by atoms with E-state index in [-0.39, 0.29) is 6.61 Å². The van der Waals surface area contributed by atoms with Gasteiger partial charge >= 0.3 is 12.1 Å². The second-order valence-electron chi connectivity index (χ2n) is 7.80. The van der Waals surface area contributed by atoms with Crippen LogP contribution in [0.25, 0.3) is 10.8 Å². The van der Waals surface area contributed by atoms with Crippen molar-refractivity contribution >= 4 is 28.5 Å². The second kappa shape index (κ2) is 10.3. The molecule has 4 aromatic rings. The Morgan fingerprint density at radius 3 is 2.23 bits per heavy atom. The fourth-order valence-electron chi connectivity index (χ4n) is 3.52. The Labute approximate surface area is 204 Å².